The second-order valence-electron chi connectivity index (χ2n) is 5.78. The van der Waals surface area contributed by atoms with E-state index in [1.807, 2.05) is 21.7 Å². The summed E-state index contributed by atoms with van der Waals surface area (Å²) in [6.07, 6.45) is 3.70. The highest BCUT2D eigenvalue weighted by molar-refractivity contribution is 7.08. The molecule has 5 nitrogen and oxygen atoms in total. The smallest absolute Gasteiger partial charge is 0.322 e. The normalized spacial score (nSPS) is 20.8. The van der Waals surface area contributed by atoms with Gasteiger partial charge >= 0.3 is 6.03 Å². The molecule has 122 valence electrons. The number of hydrogen-bond donors (Lipinski definition) is 1. The number of unbranched alkanes of at least 4 members (excludes halogenated alkanes) is 1. The lowest BCUT2D eigenvalue weighted by Gasteiger charge is -2.32. The summed E-state index contributed by atoms with van der Waals surface area (Å²) in [5.41, 5.74) is 2.51. The van der Waals surface area contributed by atoms with Crippen molar-refractivity contribution in [2.75, 3.05) is 19.6 Å². The molecule has 0 aliphatic carbocycles. The number of nitrogens with one attached hydrogen (secondary N) is 1. The van der Waals surface area contributed by atoms with Crippen LogP contribution in [0.5, 0.6) is 0 Å². The van der Waals surface area contributed by atoms with E-state index >= 15 is 0 Å². The van der Waals surface area contributed by atoms with Crippen molar-refractivity contribution in [2.24, 2.45) is 0 Å². The average Bonchev–Trinajstić information content (AvgIpc) is 3.17. The SMILES string of the molecule is C=CCN1C(=O)N[C@H](c2ccsc2)C2=C1CN(CCCC)C2=O. The predicted octanol–water partition coefficient (Wildman–Crippen LogP) is 2.90. The van der Waals surface area contributed by atoms with Crippen molar-refractivity contribution in [3.63, 3.8) is 0 Å². The molecule has 6 heteroatoms. The minimum absolute atomic E-state index is 0.0405. The van der Waals surface area contributed by atoms with Gasteiger partial charge in [0.2, 0.25) is 0 Å². The Balaban J connectivity index is 1.97. The summed E-state index contributed by atoms with van der Waals surface area (Å²) >= 11 is 1.57. The fourth-order valence-corrected chi connectivity index (χ4v) is 3.78. The van der Waals surface area contributed by atoms with Gasteiger partial charge in [-0.05, 0) is 28.8 Å². The molecule has 0 saturated heterocycles. The lowest BCUT2D eigenvalue weighted by atomic mass is 9.98. The minimum Gasteiger partial charge on any atom is -0.333 e. The van der Waals surface area contributed by atoms with Crippen LogP contribution in [0.15, 0.2) is 40.8 Å². The Morgan fingerprint density at radius 3 is 2.96 bits per heavy atom. The van der Waals surface area contributed by atoms with E-state index in [2.05, 4.69) is 18.8 Å². The lowest BCUT2D eigenvalue weighted by molar-refractivity contribution is -0.125. The molecule has 0 fully saturated rings. The Bertz CT molecular complexity index is 651. The van der Waals surface area contributed by atoms with Gasteiger partial charge in [-0.1, -0.05) is 19.4 Å². The first kappa shape index (κ1) is 15.8. The lowest BCUT2D eigenvalue weighted by Crippen LogP contribution is -2.47. The Kier molecular flexibility index (Phi) is 4.52. The Hall–Kier alpha value is -2.08. The van der Waals surface area contributed by atoms with Crippen molar-refractivity contribution in [2.45, 2.75) is 25.8 Å². The van der Waals surface area contributed by atoms with Crippen LogP contribution < -0.4 is 5.32 Å². The Labute approximate surface area is 140 Å². The van der Waals surface area contributed by atoms with Crippen molar-refractivity contribution in [1.82, 2.24) is 15.1 Å². The number of amides is 3. The van der Waals surface area contributed by atoms with Crippen LogP contribution in [-0.4, -0.2) is 41.4 Å². The zero-order valence-electron chi connectivity index (χ0n) is 13.2. The van der Waals surface area contributed by atoms with Crippen LogP contribution in [-0.2, 0) is 4.79 Å². The molecule has 1 aromatic rings. The van der Waals surface area contributed by atoms with E-state index in [-0.39, 0.29) is 18.0 Å². The number of rotatable bonds is 6. The zero-order chi connectivity index (χ0) is 16.4. The van der Waals surface area contributed by atoms with Gasteiger partial charge in [0.05, 0.1) is 23.9 Å². The van der Waals surface area contributed by atoms with E-state index < -0.39 is 0 Å². The third-order valence-corrected chi connectivity index (χ3v) is 4.97. The highest BCUT2D eigenvalue weighted by Gasteiger charge is 2.43. The zero-order valence-corrected chi connectivity index (χ0v) is 14.1. The standard InChI is InChI=1S/C17H21N3O2S/c1-3-5-8-19-10-13-14(16(19)21)15(12-6-9-23-11-12)18-17(22)20(13)7-4-2/h4,6,9,11,15H,2-3,5,7-8,10H2,1H3,(H,18,22)/t15-/m1/s1. The van der Waals surface area contributed by atoms with Crippen LogP contribution in [0.4, 0.5) is 4.79 Å². The van der Waals surface area contributed by atoms with Crippen LogP contribution in [0.3, 0.4) is 0 Å². The van der Waals surface area contributed by atoms with Crippen molar-refractivity contribution in [3.05, 3.63) is 46.3 Å². The third-order valence-electron chi connectivity index (χ3n) is 4.27. The summed E-state index contributed by atoms with van der Waals surface area (Å²) in [6, 6.07) is 1.46. The van der Waals surface area contributed by atoms with Crippen LogP contribution in [0.25, 0.3) is 0 Å². The highest BCUT2D eigenvalue weighted by Crippen LogP contribution is 2.36. The third kappa shape index (κ3) is 2.79. The van der Waals surface area contributed by atoms with Gasteiger partial charge in [0.15, 0.2) is 0 Å². The molecule has 2 aliphatic rings. The second-order valence-corrected chi connectivity index (χ2v) is 6.56. The predicted molar refractivity (Wildman–Crippen MR) is 91.0 cm³/mol. The molecule has 1 aromatic heterocycles. The molecule has 0 saturated carbocycles. The largest absolute Gasteiger partial charge is 0.333 e. The van der Waals surface area contributed by atoms with Crippen molar-refractivity contribution < 1.29 is 9.59 Å². The molecule has 0 bridgehead atoms. The molecule has 0 radical (unpaired) electrons. The summed E-state index contributed by atoms with van der Waals surface area (Å²) in [7, 11) is 0. The maximum Gasteiger partial charge on any atom is 0.322 e. The van der Waals surface area contributed by atoms with Crippen molar-refractivity contribution in [3.8, 4) is 0 Å². The Morgan fingerprint density at radius 2 is 2.30 bits per heavy atom. The molecule has 3 rings (SSSR count). The maximum absolute atomic E-state index is 12.9. The molecule has 1 N–H and O–H groups in total. The highest BCUT2D eigenvalue weighted by atomic mass is 32.1. The van der Waals surface area contributed by atoms with Crippen LogP contribution in [0, 0.1) is 0 Å². The first-order valence-electron chi connectivity index (χ1n) is 7.90. The molecular weight excluding hydrogens is 310 g/mol. The summed E-state index contributed by atoms with van der Waals surface area (Å²) in [6.45, 7) is 7.48. The summed E-state index contributed by atoms with van der Waals surface area (Å²) in [5, 5.41) is 6.92. The topological polar surface area (TPSA) is 52.7 Å². The molecule has 1 atom stereocenters. The average molecular weight is 331 g/mol. The molecular formula is C17H21N3O2S. The monoisotopic (exact) mass is 331 g/mol. The molecule has 0 aromatic carbocycles. The van der Waals surface area contributed by atoms with Gasteiger partial charge in [-0.2, -0.15) is 11.3 Å². The number of urea groups is 1. The molecule has 0 spiro atoms. The fourth-order valence-electron chi connectivity index (χ4n) is 3.09. The second kappa shape index (κ2) is 6.58. The van der Waals surface area contributed by atoms with Gasteiger partial charge in [0, 0.05) is 13.1 Å². The van der Waals surface area contributed by atoms with Crippen LogP contribution in [0.1, 0.15) is 31.4 Å². The first-order valence-corrected chi connectivity index (χ1v) is 8.85. The summed E-state index contributed by atoms with van der Waals surface area (Å²) < 4.78 is 0. The van der Waals surface area contributed by atoms with Gasteiger partial charge in [-0.15, -0.1) is 6.58 Å². The Morgan fingerprint density at radius 1 is 1.48 bits per heavy atom. The van der Waals surface area contributed by atoms with Gasteiger partial charge in [-0.3, -0.25) is 9.69 Å². The van der Waals surface area contributed by atoms with Gasteiger partial charge in [-0.25, -0.2) is 4.79 Å². The summed E-state index contributed by atoms with van der Waals surface area (Å²) in [5.74, 6) is 0.0405. The van der Waals surface area contributed by atoms with Gasteiger partial charge in [0.1, 0.15) is 0 Å². The maximum atomic E-state index is 12.9. The van der Waals surface area contributed by atoms with E-state index in [0.29, 0.717) is 18.7 Å². The van der Waals surface area contributed by atoms with E-state index in [4.69, 9.17) is 0 Å². The van der Waals surface area contributed by atoms with Gasteiger partial charge in [0.25, 0.3) is 5.91 Å². The van der Waals surface area contributed by atoms with Gasteiger partial charge < -0.3 is 10.2 Å². The molecule has 3 heterocycles. The van der Waals surface area contributed by atoms with E-state index in [0.717, 1.165) is 30.6 Å². The van der Waals surface area contributed by atoms with Crippen molar-refractivity contribution in [1.29, 1.82) is 0 Å². The molecule has 23 heavy (non-hydrogen) atoms. The number of hydrogen-bond acceptors (Lipinski definition) is 3. The van der Waals surface area contributed by atoms with Crippen LogP contribution >= 0.6 is 11.3 Å². The quantitative estimate of drug-likeness (QED) is 0.815. The number of thiophene rings is 1. The number of nitrogens with zero attached hydrogens (tertiary/aromatic N) is 2. The number of carbonyl (C=O) groups excluding carboxylic acids is 2. The van der Waals surface area contributed by atoms with E-state index in [1.54, 1.807) is 22.3 Å². The molecule has 0 unspecified atom stereocenters. The van der Waals surface area contributed by atoms with Crippen molar-refractivity contribution >= 4 is 23.3 Å². The van der Waals surface area contributed by atoms with E-state index in [9.17, 15) is 9.59 Å². The van der Waals surface area contributed by atoms with Crippen LogP contribution in [0.2, 0.25) is 0 Å². The first-order chi connectivity index (χ1) is 11.2. The summed E-state index contributed by atoms with van der Waals surface area (Å²) in [4.78, 5) is 28.8. The number of carbonyl (C=O) groups is 2. The molecule has 3 amide bonds. The minimum atomic E-state index is -0.344. The van der Waals surface area contributed by atoms with E-state index in [1.165, 1.54) is 0 Å². The fraction of sp³-hybridized carbons (Fsp3) is 0.412. The molecule has 2 aliphatic heterocycles.